The van der Waals surface area contributed by atoms with Gasteiger partial charge in [-0.05, 0) is 13.0 Å². The van der Waals surface area contributed by atoms with Gasteiger partial charge in [0.05, 0.1) is 6.17 Å². The van der Waals surface area contributed by atoms with Gasteiger partial charge < -0.3 is 16.4 Å². The first-order valence-electron chi connectivity index (χ1n) is 9.75. The van der Waals surface area contributed by atoms with E-state index in [0.717, 1.165) is 39.3 Å². The summed E-state index contributed by atoms with van der Waals surface area (Å²) in [4.78, 5) is 2.38. The highest BCUT2D eigenvalue weighted by molar-refractivity contribution is 4.74. The van der Waals surface area contributed by atoms with Gasteiger partial charge in [0.15, 0.2) is 0 Å². The molecule has 0 bridgehead atoms. The van der Waals surface area contributed by atoms with Crippen LogP contribution in [0.1, 0.15) is 71.1 Å². The van der Waals surface area contributed by atoms with Gasteiger partial charge in [0, 0.05) is 32.7 Å². The first kappa shape index (κ1) is 19.9. The Hall–Kier alpha value is -0.160. The Morgan fingerprint density at radius 3 is 2.05 bits per heavy atom. The third-order valence-corrected chi connectivity index (χ3v) is 4.68. The molecule has 4 N–H and O–H groups in total. The topological polar surface area (TPSA) is 53.3 Å². The highest BCUT2D eigenvalue weighted by Gasteiger charge is 2.15. The number of piperazine rings is 1. The van der Waals surface area contributed by atoms with E-state index in [0.29, 0.717) is 0 Å². The van der Waals surface area contributed by atoms with E-state index in [9.17, 15) is 0 Å². The van der Waals surface area contributed by atoms with Crippen LogP contribution < -0.4 is 16.4 Å². The van der Waals surface area contributed by atoms with Gasteiger partial charge >= 0.3 is 0 Å². The van der Waals surface area contributed by atoms with Crippen LogP contribution in [0, 0.1) is 0 Å². The molecule has 4 nitrogen and oxygen atoms in total. The lowest BCUT2D eigenvalue weighted by molar-refractivity contribution is 0.173. The molecule has 0 aliphatic carbocycles. The van der Waals surface area contributed by atoms with Crippen molar-refractivity contribution >= 4 is 0 Å². The molecule has 132 valence electrons. The van der Waals surface area contributed by atoms with Crippen molar-refractivity contribution in [3.8, 4) is 0 Å². The summed E-state index contributed by atoms with van der Waals surface area (Å²) in [5, 5.41) is 6.89. The Bertz CT molecular complexity index is 229. The molecule has 1 rings (SSSR count). The summed E-state index contributed by atoms with van der Waals surface area (Å²) < 4.78 is 0. The minimum Gasteiger partial charge on any atom is -0.315 e. The van der Waals surface area contributed by atoms with Crippen molar-refractivity contribution in [1.29, 1.82) is 0 Å². The van der Waals surface area contributed by atoms with Gasteiger partial charge in [-0.1, -0.05) is 64.7 Å². The quantitative estimate of drug-likeness (QED) is 0.432. The molecule has 0 aromatic rings. The van der Waals surface area contributed by atoms with Crippen molar-refractivity contribution in [1.82, 2.24) is 15.5 Å². The van der Waals surface area contributed by atoms with Gasteiger partial charge in [-0.25, -0.2) is 0 Å². The Kier molecular flexibility index (Phi) is 13.0. The van der Waals surface area contributed by atoms with Crippen LogP contribution in [0.15, 0.2) is 0 Å². The smallest absolute Gasteiger partial charge is 0.0701 e. The lowest BCUT2D eigenvalue weighted by Crippen LogP contribution is -2.55. The molecule has 0 saturated carbocycles. The average Bonchev–Trinajstić information content (AvgIpc) is 2.56. The van der Waals surface area contributed by atoms with Crippen molar-refractivity contribution in [3.63, 3.8) is 0 Å². The van der Waals surface area contributed by atoms with Gasteiger partial charge in [-0.3, -0.25) is 4.90 Å². The number of nitrogens with zero attached hydrogens (tertiary/aromatic N) is 1. The van der Waals surface area contributed by atoms with Crippen LogP contribution in [0.3, 0.4) is 0 Å². The molecule has 1 aliphatic rings. The zero-order valence-corrected chi connectivity index (χ0v) is 14.9. The second-order valence-corrected chi connectivity index (χ2v) is 6.74. The van der Waals surface area contributed by atoms with E-state index in [1.54, 1.807) is 0 Å². The van der Waals surface area contributed by atoms with E-state index >= 15 is 0 Å². The van der Waals surface area contributed by atoms with E-state index in [2.05, 4.69) is 22.5 Å². The van der Waals surface area contributed by atoms with Crippen molar-refractivity contribution < 1.29 is 0 Å². The molecule has 0 aromatic heterocycles. The lowest BCUT2D eigenvalue weighted by atomic mass is 10.1. The minimum atomic E-state index is 0.185. The number of nitrogens with one attached hydrogen (secondary N) is 2. The fourth-order valence-corrected chi connectivity index (χ4v) is 3.13. The maximum absolute atomic E-state index is 6.21. The van der Waals surface area contributed by atoms with Crippen molar-refractivity contribution in [2.75, 3.05) is 39.3 Å². The van der Waals surface area contributed by atoms with Crippen molar-refractivity contribution in [2.45, 2.75) is 77.3 Å². The fourth-order valence-electron chi connectivity index (χ4n) is 3.13. The molecule has 1 atom stereocenters. The number of unbranched alkanes of at least 4 members (excludes halogenated alkanes) is 9. The maximum Gasteiger partial charge on any atom is 0.0701 e. The Morgan fingerprint density at radius 1 is 0.909 bits per heavy atom. The highest BCUT2D eigenvalue weighted by atomic mass is 15.3. The maximum atomic E-state index is 6.21. The molecule has 1 saturated heterocycles. The second-order valence-electron chi connectivity index (χ2n) is 6.74. The molecule has 22 heavy (non-hydrogen) atoms. The predicted octanol–water partition coefficient (Wildman–Crippen LogP) is 2.69. The summed E-state index contributed by atoms with van der Waals surface area (Å²) in [5.41, 5.74) is 6.21. The van der Waals surface area contributed by atoms with E-state index in [1.165, 1.54) is 64.2 Å². The summed E-state index contributed by atoms with van der Waals surface area (Å²) in [6, 6.07) is 0. The molecule has 1 heterocycles. The monoisotopic (exact) mass is 312 g/mol. The third-order valence-electron chi connectivity index (χ3n) is 4.68. The molecular weight excluding hydrogens is 272 g/mol. The van der Waals surface area contributed by atoms with Crippen LogP contribution in [0.5, 0.6) is 0 Å². The Balaban J connectivity index is 1.77. The van der Waals surface area contributed by atoms with Gasteiger partial charge in [-0.15, -0.1) is 0 Å². The molecular formula is C18H40N4. The normalized spacial score (nSPS) is 17.7. The molecule has 1 unspecified atom stereocenters. The first-order chi connectivity index (χ1) is 10.8. The van der Waals surface area contributed by atoms with Crippen LogP contribution in [-0.4, -0.2) is 50.3 Å². The minimum absolute atomic E-state index is 0.185. The third kappa shape index (κ3) is 10.5. The Morgan fingerprint density at radius 2 is 1.45 bits per heavy atom. The van der Waals surface area contributed by atoms with Crippen LogP contribution in [0.2, 0.25) is 0 Å². The number of nitrogens with two attached hydrogens (primary N) is 1. The van der Waals surface area contributed by atoms with E-state index in [1.807, 2.05) is 0 Å². The molecule has 0 aromatic carbocycles. The Labute approximate surface area is 138 Å². The number of hydrogen-bond acceptors (Lipinski definition) is 4. The van der Waals surface area contributed by atoms with Crippen molar-refractivity contribution in [2.24, 2.45) is 5.73 Å². The van der Waals surface area contributed by atoms with E-state index < -0.39 is 0 Å². The summed E-state index contributed by atoms with van der Waals surface area (Å²) >= 11 is 0. The van der Waals surface area contributed by atoms with Crippen LogP contribution >= 0.6 is 0 Å². The zero-order valence-electron chi connectivity index (χ0n) is 14.9. The van der Waals surface area contributed by atoms with Crippen LogP contribution in [-0.2, 0) is 0 Å². The SMILES string of the molecule is CCCCCCCCCCCCNCC(N)N1CCNCC1. The van der Waals surface area contributed by atoms with Gasteiger partial charge in [0.25, 0.3) is 0 Å². The molecule has 1 aliphatic heterocycles. The standard InChI is InChI=1S/C18H40N4/c1-2-3-4-5-6-7-8-9-10-11-12-21-17-18(19)22-15-13-20-14-16-22/h18,20-21H,2-17,19H2,1H3. The molecule has 0 radical (unpaired) electrons. The number of hydrogen-bond donors (Lipinski definition) is 3. The largest absolute Gasteiger partial charge is 0.315 e. The molecule has 4 heteroatoms. The summed E-state index contributed by atoms with van der Waals surface area (Å²) in [5.74, 6) is 0. The summed E-state index contributed by atoms with van der Waals surface area (Å²) in [6.45, 7) is 8.65. The zero-order chi connectivity index (χ0) is 15.9. The van der Waals surface area contributed by atoms with Gasteiger partial charge in [-0.2, -0.15) is 0 Å². The van der Waals surface area contributed by atoms with Gasteiger partial charge in [0.2, 0.25) is 0 Å². The molecule has 0 amide bonds. The summed E-state index contributed by atoms with van der Waals surface area (Å²) in [6.07, 6.45) is 14.2. The highest BCUT2D eigenvalue weighted by Crippen LogP contribution is 2.10. The second kappa shape index (κ2) is 14.4. The number of rotatable bonds is 14. The van der Waals surface area contributed by atoms with Crippen LogP contribution in [0.4, 0.5) is 0 Å². The van der Waals surface area contributed by atoms with E-state index in [4.69, 9.17) is 5.73 Å². The fraction of sp³-hybridized carbons (Fsp3) is 1.00. The first-order valence-corrected chi connectivity index (χ1v) is 9.75. The van der Waals surface area contributed by atoms with Crippen LogP contribution in [0.25, 0.3) is 0 Å². The van der Waals surface area contributed by atoms with Crippen molar-refractivity contribution in [3.05, 3.63) is 0 Å². The van der Waals surface area contributed by atoms with E-state index in [-0.39, 0.29) is 6.17 Å². The predicted molar refractivity (Wildman–Crippen MR) is 97.1 cm³/mol. The lowest BCUT2D eigenvalue weighted by Gasteiger charge is -2.32. The summed E-state index contributed by atoms with van der Waals surface area (Å²) in [7, 11) is 0. The average molecular weight is 313 g/mol. The van der Waals surface area contributed by atoms with Gasteiger partial charge in [0.1, 0.15) is 0 Å². The molecule has 0 spiro atoms. The molecule has 1 fully saturated rings.